The Bertz CT molecular complexity index is 490. The maximum absolute atomic E-state index is 12.8. The molecular formula is C15H20FN3O. The first kappa shape index (κ1) is 13.4. The monoisotopic (exact) mass is 277 g/mol. The summed E-state index contributed by atoms with van der Waals surface area (Å²) in [6.45, 7) is 1.52. The molecule has 1 saturated carbocycles. The Kier molecular flexibility index (Phi) is 3.61. The van der Waals surface area contributed by atoms with Crippen LogP contribution < -0.4 is 11.1 Å². The smallest absolute Gasteiger partial charge is 0.321 e. The summed E-state index contributed by atoms with van der Waals surface area (Å²) in [5, 5.41) is 2.82. The van der Waals surface area contributed by atoms with E-state index in [1.165, 1.54) is 18.6 Å². The van der Waals surface area contributed by atoms with Crippen LogP contribution in [0.15, 0.2) is 24.3 Å². The molecule has 2 aliphatic rings. The number of halogens is 1. The molecule has 108 valence electrons. The number of urea groups is 1. The first-order valence-corrected chi connectivity index (χ1v) is 7.20. The Labute approximate surface area is 118 Å². The van der Waals surface area contributed by atoms with Gasteiger partial charge >= 0.3 is 6.03 Å². The highest BCUT2D eigenvalue weighted by Gasteiger charge is 2.40. The van der Waals surface area contributed by atoms with Gasteiger partial charge < -0.3 is 16.0 Å². The van der Waals surface area contributed by atoms with Gasteiger partial charge in [0.25, 0.3) is 0 Å². The zero-order valence-corrected chi connectivity index (χ0v) is 11.4. The molecule has 1 aliphatic heterocycles. The maximum atomic E-state index is 12.8. The number of carbonyl (C=O) groups excluding carboxylic acids is 1. The van der Waals surface area contributed by atoms with Gasteiger partial charge in [0.1, 0.15) is 5.82 Å². The minimum Gasteiger partial charge on any atom is -0.327 e. The second-order valence-electron chi connectivity index (χ2n) is 5.86. The lowest BCUT2D eigenvalue weighted by Crippen LogP contribution is -2.39. The van der Waals surface area contributed by atoms with Crippen LogP contribution in [0.1, 0.15) is 19.3 Å². The number of nitrogens with zero attached hydrogens (tertiary/aromatic N) is 1. The Hall–Kier alpha value is -1.62. The second kappa shape index (κ2) is 5.40. The number of anilines is 1. The van der Waals surface area contributed by atoms with Crippen molar-refractivity contribution < 1.29 is 9.18 Å². The van der Waals surface area contributed by atoms with Crippen molar-refractivity contribution in [2.45, 2.75) is 25.3 Å². The maximum Gasteiger partial charge on any atom is 0.321 e. The summed E-state index contributed by atoms with van der Waals surface area (Å²) < 4.78 is 12.8. The van der Waals surface area contributed by atoms with Gasteiger partial charge in [0.2, 0.25) is 0 Å². The summed E-state index contributed by atoms with van der Waals surface area (Å²) in [4.78, 5) is 14.1. The quantitative estimate of drug-likeness (QED) is 0.828. The number of fused-ring (bicyclic) bond motifs is 1. The van der Waals surface area contributed by atoms with E-state index in [1.54, 1.807) is 12.1 Å². The Balaban J connectivity index is 1.62. The summed E-state index contributed by atoms with van der Waals surface area (Å²) in [6.07, 6.45) is 3.39. The van der Waals surface area contributed by atoms with Gasteiger partial charge in [-0.1, -0.05) is 6.42 Å². The molecule has 3 rings (SSSR count). The highest BCUT2D eigenvalue weighted by Crippen LogP contribution is 2.35. The fourth-order valence-electron chi connectivity index (χ4n) is 3.42. The van der Waals surface area contributed by atoms with Crippen molar-refractivity contribution >= 4 is 11.7 Å². The van der Waals surface area contributed by atoms with E-state index >= 15 is 0 Å². The van der Waals surface area contributed by atoms with Crippen LogP contribution >= 0.6 is 0 Å². The van der Waals surface area contributed by atoms with E-state index in [9.17, 15) is 9.18 Å². The molecule has 3 N–H and O–H groups in total. The summed E-state index contributed by atoms with van der Waals surface area (Å²) >= 11 is 0. The Morgan fingerprint density at radius 3 is 2.70 bits per heavy atom. The Morgan fingerprint density at radius 1 is 1.25 bits per heavy atom. The van der Waals surface area contributed by atoms with Crippen LogP contribution in [0.2, 0.25) is 0 Å². The topological polar surface area (TPSA) is 58.4 Å². The third-order valence-electron chi connectivity index (χ3n) is 4.54. The highest BCUT2D eigenvalue weighted by molar-refractivity contribution is 5.89. The minimum atomic E-state index is -0.304. The number of nitrogens with two attached hydrogens (primary N) is 1. The molecule has 1 saturated heterocycles. The predicted octanol–water partition coefficient (Wildman–Crippen LogP) is 2.42. The zero-order chi connectivity index (χ0) is 14.1. The van der Waals surface area contributed by atoms with Crippen molar-refractivity contribution in [3.63, 3.8) is 0 Å². The summed E-state index contributed by atoms with van der Waals surface area (Å²) in [6, 6.07) is 5.94. The lowest BCUT2D eigenvalue weighted by molar-refractivity contribution is 0.219. The van der Waals surface area contributed by atoms with E-state index in [-0.39, 0.29) is 17.9 Å². The van der Waals surface area contributed by atoms with Gasteiger partial charge in [-0.3, -0.25) is 0 Å². The number of carbonyl (C=O) groups is 1. The normalized spacial score (nSPS) is 29.1. The molecule has 2 amide bonds. The van der Waals surface area contributed by atoms with Gasteiger partial charge in [-0.2, -0.15) is 0 Å². The van der Waals surface area contributed by atoms with Gasteiger partial charge in [-0.25, -0.2) is 9.18 Å². The highest BCUT2D eigenvalue weighted by atomic mass is 19.1. The van der Waals surface area contributed by atoms with Gasteiger partial charge in [-0.05, 0) is 48.9 Å². The van der Waals surface area contributed by atoms with Gasteiger partial charge in [0.15, 0.2) is 0 Å². The molecule has 3 atom stereocenters. The molecule has 4 nitrogen and oxygen atoms in total. The largest absolute Gasteiger partial charge is 0.327 e. The number of amides is 2. The van der Waals surface area contributed by atoms with E-state index in [0.29, 0.717) is 17.5 Å². The molecule has 1 aromatic rings. The standard InChI is InChI=1S/C15H20FN3O/c16-11-4-6-12(7-5-11)18-15(20)19-8-10-2-1-3-14(17)13(10)9-19/h4-7,10,13-14H,1-3,8-9,17H2,(H,18,20). The van der Waals surface area contributed by atoms with Crippen molar-refractivity contribution in [1.82, 2.24) is 4.90 Å². The molecule has 1 heterocycles. The summed E-state index contributed by atoms with van der Waals surface area (Å²) in [7, 11) is 0. The SMILES string of the molecule is NC1CCCC2CN(C(=O)Nc3ccc(F)cc3)CC12. The van der Waals surface area contributed by atoms with Crippen molar-refractivity contribution in [2.75, 3.05) is 18.4 Å². The molecule has 0 bridgehead atoms. The number of benzene rings is 1. The average Bonchev–Trinajstić information content (AvgIpc) is 2.87. The van der Waals surface area contributed by atoms with Crippen molar-refractivity contribution in [1.29, 1.82) is 0 Å². The van der Waals surface area contributed by atoms with Crippen LogP contribution in [0.3, 0.4) is 0 Å². The fourth-order valence-corrected chi connectivity index (χ4v) is 3.42. The van der Waals surface area contributed by atoms with E-state index in [0.717, 1.165) is 25.9 Å². The molecule has 1 aromatic carbocycles. The average molecular weight is 277 g/mol. The summed E-state index contributed by atoms with van der Waals surface area (Å²) in [5.41, 5.74) is 6.77. The number of nitrogens with one attached hydrogen (secondary N) is 1. The van der Waals surface area contributed by atoms with Gasteiger partial charge in [0, 0.05) is 24.8 Å². The van der Waals surface area contributed by atoms with E-state index in [1.807, 2.05) is 4.90 Å². The zero-order valence-electron chi connectivity index (χ0n) is 11.4. The summed E-state index contributed by atoms with van der Waals surface area (Å²) in [5.74, 6) is 0.668. The lowest BCUT2D eigenvalue weighted by Gasteiger charge is -2.29. The molecule has 2 fully saturated rings. The first-order valence-electron chi connectivity index (χ1n) is 7.20. The van der Waals surface area contributed by atoms with Crippen LogP contribution in [0.4, 0.5) is 14.9 Å². The molecule has 0 radical (unpaired) electrons. The van der Waals surface area contributed by atoms with Crippen LogP contribution in [0.25, 0.3) is 0 Å². The molecule has 5 heteroatoms. The van der Waals surface area contributed by atoms with Gasteiger partial charge in [-0.15, -0.1) is 0 Å². The molecule has 20 heavy (non-hydrogen) atoms. The third-order valence-corrected chi connectivity index (χ3v) is 4.54. The first-order chi connectivity index (χ1) is 9.63. The van der Waals surface area contributed by atoms with Crippen LogP contribution in [-0.2, 0) is 0 Å². The fraction of sp³-hybridized carbons (Fsp3) is 0.533. The van der Waals surface area contributed by atoms with Crippen molar-refractivity contribution in [3.05, 3.63) is 30.1 Å². The Morgan fingerprint density at radius 2 is 2.00 bits per heavy atom. The van der Waals surface area contributed by atoms with Gasteiger partial charge in [0.05, 0.1) is 0 Å². The number of hydrogen-bond donors (Lipinski definition) is 2. The number of rotatable bonds is 1. The van der Waals surface area contributed by atoms with Crippen LogP contribution in [-0.4, -0.2) is 30.1 Å². The molecular weight excluding hydrogens is 257 g/mol. The van der Waals surface area contributed by atoms with Crippen molar-refractivity contribution in [3.8, 4) is 0 Å². The second-order valence-corrected chi connectivity index (χ2v) is 5.86. The van der Waals surface area contributed by atoms with Crippen LogP contribution in [0, 0.1) is 17.7 Å². The molecule has 0 spiro atoms. The lowest BCUT2D eigenvalue weighted by atomic mass is 9.78. The van der Waals surface area contributed by atoms with E-state index in [2.05, 4.69) is 5.32 Å². The number of likely N-dealkylation sites (tertiary alicyclic amines) is 1. The molecule has 3 unspecified atom stereocenters. The van der Waals surface area contributed by atoms with E-state index < -0.39 is 0 Å². The van der Waals surface area contributed by atoms with Crippen molar-refractivity contribution in [2.24, 2.45) is 17.6 Å². The van der Waals surface area contributed by atoms with Crippen LogP contribution in [0.5, 0.6) is 0 Å². The predicted molar refractivity (Wildman–Crippen MR) is 75.8 cm³/mol. The molecule has 0 aromatic heterocycles. The number of hydrogen-bond acceptors (Lipinski definition) is 2. The molecule has 1 aliphatic carbocycles. The third kappa shape index (κ3) is 2.63. The minimum absolute atomic E-state index is 0.113. The van der Waals surface area contributed by atoms with E-state index in [4.69, 9.17) is 5.73 Å².